The summed E-state index contributed by atoms with van der Waals surface area (Å²) in [6.45, 7) is 0. The number of phenols is 1. The molecular weight excluding hydrogens is 376 g/mol. The number of hydrogen-bond acceptors (Lipinski definition) is 5. The number of para-hydroxylation sites is 1. The summed E-state index contributed by atoms with van der Waals surface area (Å²) in [6.07, 6.45) is 0. The molecule has 23 heavy (non-hydrogen) atoms. The van der Waals surface area contributed by atoms with Gasteiger partial charge in [-0.05, 0) is 24.3 Å². The van der Waals surface area contributed by atoms with E-state index in [1.54, 1.807) is 16.8 Å². The summed E-state index contributed by atoms with van der Waals surface area (Å²) in [6, 6.07) is 15.1. The molecule has 1 aliphatic heterocycles. The van der Waals surface area contributed by atoms with Gasteiger partial charge in [-0.3, -0.25) is 5.43 Å². The first-order valence-electron chi connectivity index (χ1n) is 6.86. The second-order valence-corrected chi connectivity index (χ2v) is 6.68. The number of hydrogen-bond donors (Lipinski definition) is 2. The predicted molar refractivity (Wildman–Crippen MR) is 94.5 cm³/mol. The number of rotatable bonds is 2. The topological polar surface area (TPSA) is 63.0 Å². The first kappa shape index (κ1) is 14.3. The SMILES string of the molecule is Oc1ccccc1-c1nnc2n1NC(c1cccc(Br)c1)=CS2. The van der Waals surface area contributed by atoms with E-state index in [4.69, 9.17) is 0 Å². The van der Waals surface area contributed by atoms with Gasteiger partial charge in [0.25, 0.3) is 0 Å². The Hall–Kier alpha value is -2.25. The molecule has 0 saturated carbocycles. The van der Waals surface area contributed by atoms with Crippen LogP contribution < -0.4 is 5.43 Å². The fourth-order valence-electron chi connectivity index (χ4n) is 2.33. The summed E-state index contributed by atoms with van der Waals surface area (Å²) in [7, 11) is 0. The summed E-state index contributed by atoms with van der Waals surface area (Å²) >= 11 is 4.97. The Labute approximate surface area is 145 Å². The number of fused-ring (bicyclic) bond motifs is 1. The van der Waals surface area contributed by atoms with Crippen molar-refractivity contribution in [3.8, 4) is 17.1 Å². The lowest BCUT2D eigenvalue weighted by molar-refractivity contribution is 0.476. The third-order valence-corrected chi connectivity index (χ3v) is 4.75. The zero-order valence-corrected chi connectivity index (χ0v) is 14.2. The van der Waals surface area contributed by atoms with Crippen LogP contribution >= 0.6 is 27.7 Å². The van der Waals surface area contributed by atoms with Gasteiger partial charge in [-0.2, -0.15) is 0 Å². The highest BCUT2D eigenvalue weighted by Crippen LogP contribution is 2.34. The fourth-order valence-corrected chi connectivity index (χ4v) is 3.47. The lowest BCUT2D eigenvalue weighted by Gasteiger charge is -2.19. The van der Waals surface area contributed by atoms with E-state index in [2.05, 4.69) is 31.6 Å². The molecule has 5 nitrogen and oxygen atoms in total. The Bertz CT molecular complexity index is 922. The van der Waals surface area contributed by atoms with Crippen LogP contribution in [-0.2, 0) is 0 Å². The van der Waals surface area contributed by atoms with Crippen molar-refractivity contribution >= 4 is 33.4 Å². The van der Waals surface area contributed by atoms with Gasteiger partial charge in [0, 0.05) is 15.4 Å². The molecule has 1 aliphatic rings. The van der Waals surface area contributed by atoms with Gasteiger partial charge in [-0.1, -0.05) is 52.0 Å². The smallest absolute Gasteiger partial charge is 0.214 e. The fraction of sp³-hybridized carbons (Fsp3) is 0. The van der Waals surface area contributed by atoms with Gasteiger partial charge in [0.05, 0.1) is 11.3 Å². The summed E-state index contributed by atoms with van der Waals surface area (Å²) < 4.78 is 2.80. The number of nitrogens with one attached hydrogen (secondary N) is 1. The average molecular weight is 387 g/mol. The molecule has 0 bridgehead atoms. The Morgan fingerprint density at radius 2 is 1.96 bits per heavy atom. The van der Waals surface area contributed by atoms with Crippen molar-refractivity contribution in [1.29, 1.82) is 0 Å². The van der Waals surface area contributed by atoms with E-state index in [0.717, 1.165) is 20.9 Å². The lowest BCUT2D eigenvalue weighted by atomic mass is 10.2. The number of nitrogens with zero attached hydrogens (tertiary/aromatic N) is 3. The molecule has 2 heterocycles. The molecule has 0 radical (unpaired) electrons. The van der Waals surface area contributed by atoms with Crippen molar-refractivity contribution in [3.05, 3.63) is 64.0 Å². The summed E-state index contributed by atoms with van der Waals surface area (Å²) in [5.74, 6) is 0.749. The molecule has 0 aliphatic carbocycles. The molecule has 7 heteroatoms. The van der Waals surface area contributed by atoms with Crippen molar-refractivity contribution in [2.45, 2.75) is 5.16 Å². The molecule has 3 aromatic rings. The minimum absolute atomic E-state index is 0.174. The van der Waals surface area contributed by atoms with E-state index in [0.29, 0.717) is 11.4 Å². The number of aromatic hydroxyl groups is 1. The van der Waals surface area contributed by atoms with Gasteiger partial charge in [-0.25, -0.2) is 4.68 Å². The zero-order chi connectivity index (χ0) is 15.8. The Morgan fingerprint density at radius 1 is 1.09 bits per heavy atom. The highest BCUT2D eigenvalue weighted by atomic mass is 79.9. The largest absolute Gasteiger partial charge is 0.507 e. The molecule has 2 N–H and O–H groups in total. The molecule has 0 atom stereocenters. The monoisotopic (exact) mass is 386 g/mol. The number of thioether (sulfide) groups is 1. The molecule has 0 unspecified atom stereocenters. The van der Waals surface area contributed by atoms with Crippen LogP contribution in [0.5, 0.6) is 5.75 Å². The minimum Gasteiger partial charge on any atom is -0.507 e. The molecule has 1 aromatic heterocycles. The van der Waals surface area contributed by atoms with Crippen molar-refractivity contribution in [2.75, 3.05) is 5.43 Å². The molecule has 0 fully saturated rings. The number of halogens is 1. The number of aromatic nitrogens is 3. The van der Waals surface area contributed by atoms with Crippen LogP contribution in [0, 0.1) is 0 Å². The highest BCUT2D eigenvalue weighted by molar-refractivity contribution is 9.10. The van der Waals surface area contributed by atoms with E-state index in [1.165, 1.54) is 11.8 Å². The Morgan fingerprint density at radius 3 is 2.78 bits per heavy atom. The number of benzene rings is 2. The van der Waals surface area contributed by atoms with E-state index < -0.39 is 0 Å². The Kier molecular flexibility index (Phi) is 3.59. The van der Waals surface area contributed by atoms with Crippen molar-refractivity contribution < 1.29 is 5.11 Å². The lowest BCUT2D eigenvalue weighted by Crippen LogP contribution is -2.18. The van der Waals surface area contributed by atoms with Crippen LogP contribution in [-0.4, -0.2) is 20.0 Å². The number of phenolic OH excluding ortho intramolecular Hbond substituents is 1. The van der Waals surface area contributed by atoms with Crippen molar-refractivity contribution in [1.82, 2.24) is 14.9 Å². The van der Waals surface area contributed by atoms with Crippen LogP contribution in [0.4, 0.5) is 0 Å². The van der Waals surface area contributed by atoms with E-state index in [1.807, 2.05) is 41.8 Å². The summed E-state index contributed by atoms with van der Waals surface area (Å²) in [5, 5.41) is 21.2. The van der Waals surface area contributed by atoms with Crippen LogP contribution in [0.2, 0.25) is 0 Å². The van der Waals surface area contributed by atoms with Gasteiger partial charge >= 0.3 is 0 Å². The maximum atomic E-state index is 10.1. The molecule has 114 valence electrons. The molecule has 2 aromatic carbocycles. The summed E-state index contributed by atoms with van der Waals surface area (Å²) in [5.41, 5.74) is 5.94. The maximum Gasteiger partial charge on any atom is 0.214 e. The quantitative estimate of drug-likeness (QED) is 0.695. The van der Waals surface area contributed by atoms with Crippen molar-refractivity contribution in [2.24, 2.45) is 0 Å². The van der Waals surface area contributed by atoms with E-state index in [-0.39, 0.29) is 5.75 Å². The van der Waals surface area contributed by atoms with Crippen LogP contribution in [0.1, 0.15) is 5.56 Å². The predicted octanol–water partition coefficient (Wildman–Crippen LogP) is 4.06. The zero-order valence-electron chi connectivity index (χ0n) is 11.8. The Balaban J connectivity index is 1.74. The molecule has 0 saturated heterocycles. The molecule has 0 amide bonds. The van der Waals surface area contributed by atoms with Gasteiger partial charge in [0.15, 0.2) is 5.82 Å². The third-order valence-electron chi connectivity index (χ3n) is 3.43. The van der Waals surface area contributed by atoms with Gasteiger partial charge in [-0.15, -0.1) is 10.2 Å². The van der Waals surface area contributed by atoms with Crippen LogP contribution in [0.15, 0.2) is 63.6 Å². The van der Waals surface area contributed by atoms with Gasteiger partial charge in [0.1, 0.15) is 5.75 Å². The summed E-state index contributed by atoms with van der Waals surface area (Å²) in [4.78, 5) is 0. The molecule has 4 rings (SSSR count). The van der Waals surface area contributed by atoms with Gasteiger partial charge < -0.3 is 5.11 Å². The third kappa shape index (κ3) is 2.62. The average Bonchev–Trinajstić information content (AvgIpc) is 2.98. The minimum atomic E-state index is 0.174. The first-order valence-corrected chi connectivity index (χ1v) is 8.53. The molecular formula is C16H11BrN4OS. The second kappa shape index (κ2) is 5.75. The van der Waals surface area contributed by atoms with Crippen LogP contribution in [0.3, 0.4) is 0 Å². The first-order chi connectivity index (χ1) is 11.2. The highest BCUT2D eigenvalue weighted by Gasteiger charge is 2.21. The normalized spacial score (nSPS) is 13.2. The van der Waals surface area contributed by atoms with Gasteiger partial charge in [0.2, 0.25) is 5.16 Å². The maximum absolute atomic E-state index is 10.1. The van der Waals surface area contributed by atoms with Crippen molar-refractivity contribution in [3.63, 3.8) is 0 Å². The molecule has 0 spiro atoms. The van der Waals surface area contributed by atoms with E-state index in [9.17, 15) is 5.11 Å². The van der Waals surface area contributed by atoms with E-state index >= 15 is 0 Å². The standard InChI is InChI=1S/C16H11BrN4OS/c17-11-5-3-4-10(8-11)13-9-23-16-19-18-15(21(16)20-13)12-6-1-2-7-14(12)22/h1-9,20,22H. The second-order valence-electron chi connectivity index (χ2n) is 4.93. The van der Waals surface area contributed by atoms with Crippen LogP contribution in [0.25, 0.3) is 17.1 Å².